The molecule has 5 heteroatoms. The minimum atomic E-state index is -1.17. The van der Waals surface area contributed by atoms with Gasteiger partial charge in [-0.25, -0.2) is 4.79 Å². The summed E-state index contributed by atoms with van der Waals surface area (Å²) in [6, 6.07) is 0. The van der Waals surface area contributed by atoms with Crippen LogP contribution >= 0.6 is 0 Å². The first-order valence-corrected chi connectivity index (χ1v) is 4.61. The van der Waals surface area contributed by atoms with E-state index in [1.165, 1.54) is 18.7 Å². The fourth-order valence-electron chi connectivity index (χ4n) is 1.26. The number of hydrogen-bond donors (Lipinski definition) is 2. The van der Waals surface area contributed by atoms with E-state index in [1.807, 2.05) is 0 Å². The van der Waals surface area contributed by atoms with E-state index in [0.717, 1.165) is 0 Å². The van der Waals surface area contributed by atoms with Gasteiger partial charge < -0.3 is 15.7 Å². The Hall–Kier alpha value is -1.10. The summed E-state index contributed by atoms with van der Waals surface area (Å²) in [5.41, 5.74) is 4.08. The van der Waals surface area contributed by atoms with Crippen LogP contribution in [-0.4, -0.2) is 40.5 Å². The predicted octanol–water partition coefficient (Wildman–Crippen LogP) is 0.0469. The van der Waals surface area contributed by atoms with Crippen molar-refractivity contribution in [3.8, 4) is 0 Å². The van der Waals surface area contributed by atoms with Gasteiger partial charge in [0.1, 0.15) is 5.54 Å². The van der Waals surface area contributed by atoms with Gasteiger partial charge in [0.15, 0.2) is 0 Å². The Bertz CT molecular complexity index is 226. The molecule has 5 nitrogen and oxygen atoms in total. The molecule has 0 aromatic rings. The first-order valence-electron chi connectivity index (χ1n) is 4.61. The van der Waals surface area contributed by atoms with E-state index in [1.54, 1.807) is 6.92 Å². The molecule has 3 N–H and O–H groups in total. The molecular formula is C9H18N2O3. The smallest absolute Gasteiger partial charge is 0.329 e. The number of nitrogens with zero attached hydrogens (tertiary/aromatic N) is 1. The molecular weight excluding hydrogens is 184 g/mol. The van der Waals surface area contributed by atoms with Crippen molar-refractivity contribution in [3.63, 3.8) is 0 Å². The number of carboxylic acid groups (broad SMARTS) is 1. The van der Waals surface area contributed by atoms with Crippen LogP contribution < -0.4 is 5.73 Å². The number of aliphatic carboxylic acids is 1. The Labute approximate surface area is 83.9 Å². The van der Waals surface area contributed by atoms with Crippen LogP contribution in [0.1, 0.15) is 27.2 Å². The molecule has 0 aliphatic rings. The van der Waals surface area contributed by atoms with Crippen molar-refractivity contribution in [1.29, 1.82) is 0 Å². The molecule has 0 rings (SSSR count). The average molecular weight is 202 g/mol. The first kappa shape index (κ1) is 12.9. The van der Waals surface area contributed by atoms with E-state index in [2.05, 4.69) is 0 Å². The standard InChI is InChI=1S/C9H18N2O3/c1-4-11(7(12)5-6-10)9(2,3)8(13)14/h4-6,10H2,1-3H3,(H,13,14). The predicted molar refractivity (Wildman–Crippen MR) is 52.8 cm³/mol. The van der Waals surface area contributed by atoms with Crippen molar-refractivity contribution in [2.75, 3.05) is 13.1 Å². The lowest BCUT2D eigenvalue weighted by atomic mass is 10.0. The zero-order valence-electron chi connectivity index (χ0n) is 8.91. The lowest BCUT2D eigenvalue weighted by Crippen LogP contribution is -2.53. The van der Waals surface area contributed by atoms with Crippen molar-refractivity contribution < 1.29 is 14.7 Å². The monoisotopic (exact) mass is 202 g/mol. The molecule has 0 saturated carbocycles. The number of hydrogen-bond acceptors (Lipinski definition) is 3. The largest absolute Gasteiger partial charge is 0.480 e. The highest BCUT2D eigenvalue weighted by Crippen LogP contribution is 2.15. The van der Waals surface area contributed by atoms with E-state index in [9.17, 15) is 9.59 Å². The van der Waals surface area contributed by atoms with Gasteiger partial charge in [-0.3, -0.25) is 4.79 Å². The van der Waals surface area contributed by atoms with E-state index < -0.39 is 11.5 Å². The maximum atomic E-state index is 11.5. The molecule has 0 radical (unpaired) electrons. The van der Waals surface area contributed by atoms with Crippen LogP contribution in [0.25, 0.3) is 0 Å². The number of amides is 1. The van der Waals surface area contributed by atoms with Gasteiger partial charge >= 0.3 is 5.97 Å². The Kier molecular flexibility index (Phi) is 4.56. The van der Waals surface area contributed by atoms with Crippen LogP contribution in [0.4, 0.5) is 0 Å². The van der Waals surface area contributed by atoms with Gasteiger partial charge in [-0.1, -0.05) is 0 Å². The zero-order chi connectivity index (χ0) is 11.4. The SMILES string of the molecule is CCN(C(=O)CCN)C(C)(C)C(=O)O. The van der Waals surface area contributed by atoms with Crippen molar-refractivity contribution in [1.82, 2.24) is 4.90 Å². The summed E-state index contributed by atoms with van der Waals surface area (Å²) >= 11 is 0. The van der Waals surface area contributed by atoms with E-state index in [-0.39, 0.29) is 18.9 Å². The minimum absolute atomic E-state index is 0.185. The number of rotatable bonds is 5. The molecule has 14 heavy (non-hydrogen) atoms. The summed E-state index contributed by atoms with van der Waals surface area (Å²) < 4.78 is 0. The van der Waals surface area contributed by atoms with Gasteiger partial charge in [0.05, 0.1) is 0 Å². The van der Waals surface area contributed by atoms with Crippen molar-refractivity contribution in [2.24, 2.45) is 5.73 Å². The quantitative estimate of drug-likeness (QED) is 0.659. The van der Waals surface area contributed by atoms with Gasteiger partial charge in [-0.05, 0) is 20.8 Å². The van der Waals surface area contributed by atoms with Crippen LogP contribution in [0.2, 0.25) is 0 Å². The van der Waals surface area contributed by atoms with Crippen LogP contribution in [0, 0.1) is 0 Å². The van der Waals surface area contributed by atoms with Crippen LogP contribution in [-0.2, 0) is 9.59 Å². The zero-order valence-corrected chi connectivity index (χ0v) is 8.91. The summed E-state index contributed by atoms with van der Waals surface area (Å²) in [6.45, 7) is 5.38. The second kappa shape index (κ2) is 4.95. The Morgan fingerprint density at radius 3 is 2.21 bits per heavy atom. The summed E-state index contributed by atoms with van der Waals surface area (Å²) in [5, 5.41) is 8.93. The molecule has 0 atom stereocenters. The highest BCUT2D eigenvalue weighted by molar-refractivity contribution is 5.86. The van der Waals surface area contributed by atoms with Gasteiger partial charge in [0.2, 0.25) is 5.91 Å². The molecule has 0 aliphatic carbocycles. The van der Waals surface area contributed by atoms with Crippen molar-refractivity contribution in [2.45, 2.75) is 32.7 Å². The molecule has 0 aliphatic heterocycles. The third-order valence-corrected chi connectivity index (χ3v) is 2.17. The van der Waals surface area contributed by atoms with Crippen molar-refractivity contribution >= 4 is 11.9 Å². The maximum absolute atomic E-state index is 11.5. The molecule has 1 amide bonds. The van der Waals surface area contributed by atoms with Gasteiger partial charge in [-0.15, -0.1) is 0 Å². The maximum Gasteiger partial charge on any atom is 0.329 e. The number of carboxylic acids is 1. The summed E-state index contributed by atoms with van der Waals surface area (Å²) in [4.78, 5) is 23.7. The minimum Gasteiger partial charge on any atom is -0.480 e. The Morgan fingerprint density at radius 1 is 1.43 bits per heavy atom. The highest BCUT2D eigenvalue weighted by Gasteiger charge is 2.36. The molecule has 0 saturated heterocycles. The number of carbonyl (C=O) groups is 2. The summed E-state index contributed by atoms with van der Waals surface area (Å²) in [7, 11) is 0. The normalized spacial score (nSPS) is 11.1. The lowest BCUT2D eigenvalue weighted by Gasteiger charge is -2.34. The third kappa shape index (κ3) is 2.70. The molecule has 82 valence electrons. The molecule has 0 unspecified atom stereocenters. The number of nitrogens with two attached hydrogens (primary N) is 1. The summed E-state index contributed by atoms with van der Waals surface area (Å²) in [6.07, 6.45) is 0.185. The van der Waals surface area contributed by atoms with Crippen LogP contribution in [0.15, 0.2) is 0 Å². The molecule has 0 bridgehead atoms. The fourth-order valence-corrected chi connectivity index (χ4v) is 1.26. The highest BCUT2D eigenvalue weighted by atomic mass is 16.4. The van der Waals surface area contributed by atoms with E-state index >= 15 is 0 Å². The second-order valence-electron chi connectivity index (χ2n) is 3.54. The molecule has 0 spiro atoms. The third-order valence-electron chi connectivity index (χ3n) is 2.17. The van der Waals surface area contributed by atoms with E-state index in [4.69, 9.17) is 10.8 Å². The molecule has 0 heterocycles. The second-order valence-corrected chi connectivity index (χ2v) is 3.54. The molecule has 0 aromatic carbocycles. The topological polar surface area (TPSA) is 83.6 Å². The molecule has 0 aromatic heterocycles. The Balaban J connectivity index is 4.71. The van der Waals surface area contributed by atoms with E-state index in [0.29, 0.717) is 6.54 Å². The van der Waals surface area contributed by atoms with Crippen molar-refractivity contribution in [3.05, 3.63) is 0 Å². The average Bonchev–Trinajstić information content (AvgIpc) is 2.04. The van der Waals surface area contributed by atoms with Crippen LogP contribution in [0.3, 0.4) is 0 Å². The first-order chi connectivity index (χ1) is 6.37. The lowest BCUT2D eigenvalue weighted by molar-refractivity contribution is -0.156. The Morgan fingerprint density at radius 2 is 1.93 bits per heavy atom. The van der Waals surface area contributed by atoms with Gasteiger partial charge in [0, 0.05) is 19.5 Å². The number of carbonyl (C=O) groups excluding carboxylic acids is 1. The van der Waals surface area contributed by atoms with Gasteiger partial charge in [-0.2, -0.15) is 0 Å². The molecule has 0 fully saturated rings. The number of likely N-dealkylation sites (N-methyl/N-ethyl adjacent to an activating group) is 1. The fraction of sp³-hybridized carbons (Fsp3) is 0.778. The summed E-state index contributed by atoms with van der Waals surface area (Å²) in [5.74, 6) is -1.23. The van der Waals surface area contributed by atoms with Gasteiger partial charge in [0.25, 0.3) is 0 Å². The van der Waals surface area contributed by atoms with Crippen LogP contribution in [0.5, 0.6) is 0 Å².